The van der Waals surface area contributed by atoms with E-state index in [2.05, 4.69) is 40.3 Å². The highest BCUT2D eigenvalue weighted by Gasteiger charge is 2.18. The van der Waals surface area contributed by atoms with Crippen molar-refractivity contribution in [3.05, 3.63) is 49.1 Å². The summed E-state index contributed by atoms with van der Waals surface area (Å²) >= 11 is 5.49. The van der Waals surface area contributed by atoms with Gasteiger partial charge >= 0.3 is 0 Å². The van der Waals surface area contributed by atoms with Gasteiger partial charge in [0.1, 0.15) is 0 Å². The van der Waals surface area contributed by atoms with E-state index in [0.717, 1.165) is 43.1 Å². The highest BCUT2D eigenvalue weighted by molar-refractivity contribution is 8.03. The molecule has 118 valence electrons. The third kappa shape index (κ3) is 8.68. The minimum Gasteiger partial charge on any atom is -0.242 e. The molecule has 0 spiro atoms. The Bertz CT molecular complexity index is 358. The van der Waals surface area contributed by atoms with Gasteiger partial charge in [0.15, 0.2) is 0 Å². The maximum Gasteiger partial charge on any atom is 0.0588 e. The van der Waals surface area contributed by atoms with E-state index >= 15 is 0 Å². The second kappa shape index (κ2) is 12.3. The van der Waals surface area contributed by atoms with Gasteiger partial charge in [-0.15, -0.1) is 37.0 Å². The molecule has 0 atom stereocenters. The molecular formula is C15H25N3S3. The summed E-state index contributed by atoms with van der Waals surface area (Å²) in [5.41, 5.74) is 3.41. The summed E-state index contributed by atoms with van der Waals surface area (Å²) in [6.07, 6.45) is 11.2. The molecule has 0 unspecified atom stereocenters. The Balaban J connectivity index is 2.49. The number of hydrazine groups is 2. The summed E-state index contributed by atoms with van der Waals surface area (Å²) < 4.78 is 4.30. The largest absolute Gasteiger partial charge is 0.242 e. The maximum absolute atomic E-state index is 3.78. The van der Waals surface area contributed by atoms with Gasteiger partial charge in [-0.1, -0.05) is 30.2 Å². The van der Waals surface area contributed by atoms with E-state index in [1.165, 1.54) is 4.91 Å². The Morgan fingerprint density at radius 2 is 1.62 bits per heavy atom. The Hall–Kier alpha value is -0.270. The van der Waals surface area contributed by atoms with Crippen molar-refractivity contribution in [1.29, 1.82) is 0 Å². The fourth-order valence-corrected chi connectivity index (χ4v) is 4.31. The Morgan fingerprint density at radius 3 is 2.29 bits per heavy atom. The van der Waals surface area contributed by atoms with Crippen molar-refractivity contribution >= 4 is 35.7 Å². The third-order valence-corrected chi connectivity index (χ3v) is 5.37. The lowest BCUT2D eigenvalue weighted by Crippen LogP contribution is -2.45. The van der Waals surface area contributed by atoms with Crippen molar-refractivity contribution in [2.45, 2.75) is 19.3 Å². The molecule has 0 amide bonds. The summed E-state index contributed by atoms with van der Waals surface area (Å²) in [7, 11) is 0. The molecule has 0 fully saturated rings. The van der Waals surface area contributed by atoms with E-state index in [1.807, 2.05) is 41.9 Å². The van der Waals surface area contributed by atoms with Crippen LogP contribution in [0.3, 0.4) is 0 Å². The Kier molecular flexibility index (Phi) is 11.0. The standard InChI is InChI=1S/C15H25N3S3/c1-4-7-10-19-15-13-17(20-11-8-5-2)16-18(14-15)21-12-9-6-3/h4-6,13,16H,1-3,7-12,14H2. The number of rotatable bonds is 12. The normalized spacial score (nSPS) is 15.6. The van der Waals surface area contributed by atoms with Crippen LogP contribution in [0.25, 0.3) is 0 Å². The second-order valence-electron chi connectivity index (χ2n) is 4.30. The summed E-state index contributed by atoms with van der Waals surface area (Å²) in [5.74, 6) is 3.17. The third-order valence-electron chi connectivity index (χ3n) is 2.50. The Labute approximate surface area is 142 Å². The highest BCUT2D eigenvalue weighted by Crippen LogP contribution is 2.27. The molecule has 0 aromatic heterocycles. The molecule has 0 aliphatic carbocycles. The highest BCUT2D eigenvalue weighted by atomic mass is 32.2. The lowest BCUT2D eigenvalue weighted by molar-refractivity contribution is 0.235. The molecule has 1 aliphatic heterocycles. The molecule has 0 radical (unpaired) electrons. The van der Waals surface area contributed by atoms with Gasteiger partial charge in [0, 0.05) is 28.4 Å². The van der Waals surface area contributed by atoms with Gasteiger partial charge < -0.3 is 0 Å². The molecule has 1 aliphatic rings. The van der Waals surface area contributed by atoms with Crippen LogP contribution < -0.4 is 5.53 Å². The van der Waals surface area contributed by atoms with Crippen LogP contribution >= 0.6 is 35.7 Å². The first-order chi connectivity index (χ1) is 10.3. The van der Waals surface area contributed by atoms with E-state index in [0.29, 0.717) is 0 Å². The topological polar surface area (TPSA) is 18.5 Å². The number of hydrogen-bond acceptors (Lipinski definition) is 6. The van der Waals surface area contributed by atoms with E-state index in [9.17, 15) is 0 Å². The van der Waals surface area contributed by atoms with E-state index in [1.54, 1.807) is 11.9 Å². The predicted octanol–water partition coefficient (Wildman–Crippen LogP) is 4.62. The summed E-state index contributed by atoms with van der Waals surface area (Å²) in [6, 6.07) is 0. The average molecular weight is 344 g/mol. The lowest BCUT2D eigenvalue weighted by Gasteiger charge is -2.34. The van der Waals surface area contributed by atoms with E-state index in [-0.39, 0.29) is 0 Å². The molecular weight excluding hydrogens is 318 g/mol. The molecule has 21 heavy (non-hydrogen) atoms. The van der Waals surface area contributed by atoms with Crippen LogP contribution in [0.15, 0.2) is 49.1 Å². The van der Waals surface area contributed by atoms with Crippen molar-refractivity contribution in [3.63, 3.8) is 0 Å². The fourth-order valence-electron chi connectivity index (χ4n) is 1.46. The molecule has 1 N–H and O–H groups in total. The smallest absolute Gasteiger partial charge is 0.0588 e. The first kappa shape index (κ1) is 18.8. The van der Waals surface area contributed by atoms with Crippen LogP contribution in [0.1, 0.15) is 19.3 Å². The number of allylic oxidation sites excluding steroid dienone is 3. The average Bonchev–Trinajstić information content (AvgIpc) is 2.48. The minimum absolute atomic E-state index is 0.933. The van der Waals surface area contributed by atoms with Gasteiger partial charge in [-0.25, -0.2) is 4.41 Å². The minimum atomic E-state index is 0.933. The zero-order valence-corrected chi connectivity index (χ0v) is 14.9. The predicted molar refractivity (Wildman–Crippen MR) is 102 cm³/mol. The molecule has 0 saturated carbocycles. The zero-order valence-electron chi connectivity index (χ0n) is 12.5. The van der Waals surface area contributed by atoms with Crippen LogP contribution in [-0.4, -0.2) is 32.6 Å². The molecule has 1 rings (SSSR count). The SMILES string of the molecule is C=CCCSC1=CN(SCCC=C)NN(SCCC=C)C1. The van der Waals surface area contributed by atoms with Crippen LogP contribution in [0.2, 0.25) is 0 Å². The van der Waals surface area contributed by atoms with Gasteiger partial charge in [0.25, 0.3) is 0 Å². The fraction of sp³-hybridized carbons (Fsp3) is 0.467. The molecule has 3 nitrogen and oxygen atoms in total. The Morgan fingerprint density at radius 1 is 1.00 bits per heavy atom. The lowest BCUT2D eigenvalue weighted by atomic mass is 10.5. The molecule has 6 heteroatoms. The van der Waals surface area contributed by atoms with Crippen molar-refractivity contribution in [2.75, 3.05) is 23.8 Å². The van der Waals surface area contributed by atoms with Crippen LogP contribution in [0.5, 0.6) is 0 Å². The summed E-state index contributed by atoms with van der Waals surface area (Å²) in [6.45, 7) is 12.3. The van der Waals surface area contributed by atoms with Crippen molar-refractivity contribution in [1.82, 2.24) is 14.4 Å². The van der Waals surface area contributed by atoms with Gasteiger partial charge in [-0.2, -0.15) is 4.41 Å². The van der Waals surface area contributed by atoms with E-state index in [4.69, 9.17) is 0 Å². The zero-order chi connectivity index (χ0) is 15.3. The van der Waals surface area contributed by atoms with Gasteiger partial charge in [0.2, 0.25) is 0 Å². The monoisotopic (exact) mass is 343 g/mol. The molecule has 0 aromatic rings. The van der Waals surface area contributed by atoms with Crippen molar-refractivity contribution in [2.24, 2.45) is 0 Å². The molecule has 0 aromatic carbocycles. The summed E-state index contributed by atoms with van der Waals surface area (Å²) in [4.78, 5) is 1.38. The summed E-state index contributed by atoms with van der Waals surface area (Å²) in [5, 5.41) is 0. The van der Waals surface area contributed by atoms with Crippen LogP contribution in [0, 0.1) is 0 Å². The molecule has 0 saturated heterocycles. The second-order valence-corrected chi connectivity index (χ2v) is 7.69. The maximum atomic E-state index is 3.78. The number of hydrogen-bond donors (Lipinski definition) is 1. The first-order valence-electron chi connectivity index (χ1n) is 7.05. The van der Waals surface area contributed by atoms with Crippen molar-refractivity contribution in [3.8, 4) is 0 Å². The van der Waals surface area contributed by atoms with Crippen LogP contribution in [0.4, 0.5) is 0 Å². The van der Waals surface area contributed by atoms with E-state index < -0.39 is 0 Å². The molecule has 0 bridgehead atoms. The van der Waals surface area contributed by atoms with Gasteiger partial charge in [0.05, 0.1) is 6.54 Å². The number of nitrogens with one attached hydrogen (secondary N) is 1. The number of nitrogens with zero attached hydrogens (tertiary/aromatic N) is 2. The first-order valence-corrected chi connectivity index (χ1v) is 9.92. The van der Waals surface area contributed by atoms with Gasteiger partial charge in [-0.05, 0) is 31.2 Å². The quantitative estimate of drug-likeness (QED) is 0.314. The number of thioether (sulfide) groups is 1. The molecule has 1 heterocycles. The van der Waals surface area contributed by atoms with Crippen LogP contribution in [-0.2, 0) is 0 Å². The van der Waals surface area contributed by atoms with Crippen molar-refractivity contribution < 1.29 is 0 Å². The van der Waals surface area contributed by atoms with Gasteiger partial charge in [-0.3, -0.25) is 0 Å².